The molecule has 0 saturated carbocycles. The molecular formula is C17H16N2O3. The Bertz CT molecular complexity index is 740. The molecule has 2 aromatic rings. The minimum Gasteiger partial charge on any atom is -0.482 e. The third-order valence-electron chi connectivity index (χ3n) is 3.54. The van der Waals surface area contributed by atoms with Gasteiger partial charge in [0.1, 0.15) is 5.75 Å². The van der Waals surface area contributed by atoms with Gasteiger partial charge < -0.3 is 15.4 Å². The van der Waals surface area contributed by atoms with E-state index < -0.39 is 0 Å². The smallest absolute Gasteiger partial charge is 0.262 e. The summed E-state index contributed by atoms with van der Waals surface area (Å²) in [4.78, 5) is 24.0. The van der Waals surface area contributed by atoms with Crippen molar-refractivity contribution in [3.05, 3.63) is 53.6 Å². The second-order valence-electron chi connectivity index (χ2n) is 4.98. The van der Waals surface area contributed by atoms with Gasteiger partial charge >= 0.3 is 0 Å². The lowest BCUT2D eigenvalue weighted by atomic mass is 10.1. The predicted molar refractivity (Wildman–Crippen MR) is 84.3 cm³/mol. The van der Waals surface area contributed by atoms with Crippen LogP contribution in [0.2, 0.25) is 0 Å². The van der Waals surface area contributed by atoms with Crippen molar-refractivity contribution in [3.63, 3.8) is 0 Å². The number of benzene rings is 2. The van der Waals surface area contributed by atoms with Crippen LogP contribution in [-0.4, -0.2) is 18.4 Å². The highest BCUT2D eigenvalue weighted by Gasteiger charge is 2.22. The van der Waals surface area contributed by atoms with Crippen molar-refractivity contribution >= 4 is 23.2 Å². The molecule has 0 fully saturated rings. The van der Waals surface area contributed by atoms with Crippen molar-refractivity contribution in [1.29, 1.82) is 0 Å². The third kappa shape index (κ3) is 2.65. The Hall–Kier alpha value is -2.82. The first-order valence-corrected chi connectivity index (χ1v) is 7.14. The Labute approximate surface area is 128 Å². The van der Waals surface area contributed by atoms with E-state index in [4.69, 9.17) is 4.74 Å². The van der Waals surface area contributed by atoms with Gasteiger partial charge in [0.15, 0.2) is 6.61 Å². The number of hydrogen-bond acceptors (Lipinski definition) is 3. The van der Waals surface area contributed by atoms with Gasteiger partial charge in [-0.15, -0.1) is 0 Å². The summed E-state index contributed by atoms with van der Waals surface area (Å²) in [6.45, 7) is 2.00. The number of nitrogens with one attached hydrogen (secondary N) is 2. The van der Waals surface area contributed by atoms with Crippen LogP contribution >= 0.6 is 0 Å². The minimum absolute atomic E-state index is 0.0310. The van der Waals surface area contributed by atoms with Gasteiger partial charge in [-0.2, -0.15) is 0 Å². The molecule has 0 atom stereocenters. The molecule has 22 heavy (non-hydrogen) atoms. The molecule has 0 aliphatic carbocycles. The first kappa shape index (κ1) is 14.1. The summed E-state index contributed by atoms with van der Waals surface area (Å²) in [5.41, 5.74) is 2.64. The van der Waals surface area contributed by atoms with Gasteiger partial charge in [0.2, 0.25) is 0 Å². The van der Waals surface area contributed by atoms with E-state index in [0.717, 1.165) is 17.7 Å². The summed E-state index contributed by atoms with van der Waals surface area (Å²) in [5.74, 6) is -0.0266. The van der Waals surface area contributed by atoms with Crippen LogP contribution < -0.4 is 15.4 Å². The quantitative estimate of drug-likeness (QED) is 0.915. The molecule has 1 aliphatic rings. The first-order chi connectivity index (χ1) is 10.7. The van der Waals surface area contributed by atoms with Crippen LogP contribution in [0.15, 0.2) is 42.5 Å². The van der Waals surface area contributed by atoms with Gasteiger partial charge in [-0.25, -0.2) is 0 Å². The topological polar surface area (TPSA) is 67.4 Å². The molecule has 3 rings (SSSR count). The van der Waals surface area contributed by atoms with Crippen molar-refractivity contribution in [2.75, 3.05) is 17.2 Å². The van der Waals surface area contributed by atoms with Crippen LogP contribution in [0.25, 0.3) is 0 Å². The number of rotatable bonds is 3. The second kappa shape index (κ2) is 5.89. The number of para-hydroxylation sites is 2. The molecule has 2 N–H and O–H groups in total. The average molecular weight is 296 g/mol. The number of hydrogen-bond donors (Lipinski definition) is 2. The maximum atomic E-state index is 12.5. The summed E-state index contributed by atoms with van der Waals surface area (Å²) in [7, 11) is 0. The Balaban J connectivity index is 1.92. The van der Waals surface area contributed by atoms with E-state index in [1.165, 1.54) is 0 Å². The predicted octanol–water partition coefficient (Wildman–Crippen LogP) is 2.83. The average Bonchev–Trinajstić information content (AvgIpc) is 2.54. The van der Waals surface area contributed by atoms with E-state index in [-0.39, 0.29) is 18.4 Å². The van der Waals surface area contributed by atoms with Crippen LogP contribution in [0, 0.1) is 0 Å². The first-order valence-electron chi connectivity index (χ1n) is 7.14. The molecule has 2 aromatic carbocycles. The SMILES string of the molecule is CCc1ccccc1NC(=O)c1cccc2c1NC(=O)CO2. The highest BCUT2D eigenvalue weighted by Crippen LogP contribution is 2.31. The third-order valence-corrected chi connectivity index (χ3v) is 3.54. The lowest BCUT2D eigenvalue weighted by Gasteiger charge is -2.20. The highest BCUT2D eigenvalue weighted by atomic mass is 16.5. The highest BCUT2D eigenvalue weighted by molar-refractivity contribution is 6.12. The molecule has 1 heterocycles. The number of carbonyl (C=O) groups is 2. The fraction of sp³-hybridized carbons (Fsp3) is 0.176. The molecule has 0 aromatic heterocycles. The normalized spacial score (nSPS) is 12.9. The summed E-state index contributed by atoms with van der Waals surface area (Å²) in [6, 6.07) is 12.8. The standard InChI is InChI=1S/C17H16N2O3/c1-2-11-6-3-4-8-13(11)18-17(21)12-7-5-9-14-16(12)19-15(20)10-22-14/h3-9H,2,10H2,1H3,(H,18,21)(H,19,20). The van der Waals surface area contributed by atoms with E-state index in [0.29, 0.717) is 17.0 Å². The summed E-state index contributed by atoms with van der Waals surface area (Å²) < 4.78 is 5.33. The Morgan fingerprint density at radius 1 is 1.23 bits per heavy atom. The van der Waals surface area contributed by atoms with Crippen molar-refractivity contribution in [2.24, 2.45) is 0 Å². The van der Waals surface area contributed by atoms with E-state index >= 15 is 0 Å². The summed E-state index contributed by atoms with van der Waals surface area (Å²) in [6.07, 6.45) is 0.823. The Kier molecular flexibility index (Phi) is 3.78. The van der Waals surface area contributed by atoms with Crippen molar-refractivity contribution in [2.45, 2.75) is 13.3 Å². The molecule has 5 heteroatoms. The maximum absolute atomic E-state index is 12.5. The molecule has 1 aliphatic heterocycles. The number of anilines is 2. The number of fused-ring (bicyclic) bond motifs is 1. The fourth-order valence-electron chi connectivity index (χ4n) is 2.43. The molecule has 0 saturated heterocycles. The molecular weight excluding hydrogens is 280 g/mol. The monoisotopic (exact) mass is 296 g/mol. The van der Waals surface area contributed by atoms with E-state index in [1.807, 2.05) is 31.2 Å². The number of amides is 2. The number of carbonyl (C=O) groups excluding carboxylic acids is 2. The van der Waals surface area contributed by atoms with Crippen LogP contribution in [0.5, 0.6) is 5.75 Å². The van der Waals surface area contributed by atoms with Gasteiger partial charge in [-0.3, -0.25) is 9.59 Å². The second-order valence-corrected chi connectivity index (χ2v) is 4.98. The largest absolute Gasteiger partial charge is 0.482 e. The zero-order valence-corrected chi connectivity index (χ0v) is 12.2. The van der Waals surface area contributed by atoms with Gasteiger partial charge in [-0.1, -0.05) is 31.2 Å². The van der Waals surface area contributed by atoms with Crippen molar-refractivity contribution in [3.8, 4) is 5.75 Å². The zero-order valence-electron chi connectivity index (χ0n) is 12.2. The van der Waals surface area contributed by atoms with Gasteiger partial charge in [0.25, 0.3) is 11.8 Å². The molecule has 2 amide bonds. The molecule has 0 unspecified atom stereocenters. The summed E-state index contributed by atoms with van der Waals surface area (Å²) in [5, 5.41) is 5.60. The molecule has 5 nitrogen and oxygen atoms in total. The zero-order chi connectivity index (χ0) is 15.5. The Morgan fingerprint density at radius 2 is 2.05 bits per heavy atom. The van der Waals surface area contributed by atoms with Crippen LogP contribution in [-0.2, 0) is 11.2 Å². The fourth-order valence-corrected chi connectivity index (χ4v) is 2.43. The van der Waals surface area contributed by atoms with E-state index in [1.54, 1.807) is 18.2 Å². The van der Waals surface area contributed by atoms with Gasteiger partial charge in [-0.05, 0) is 30.2 Å². The minimum atomic E-state index is -0.274. The van der Waals surface area contributed by atoms with Crippen molar-refractivity contribution in [1.82, 2.24) is 0 Å². The van der Waals surface area contributed by atoms with E-state index in [2.05, 4.69) is 10.6 Å². The van der Waals surface area contributed by atoms with Gasteiger partial charge in [0.05, 0.1) is 11.3 Å². The number of aryl methyl sites for hydroxylation is 1. The van der Waals surface area contributed by atoms with E-state index in [9.17, 15) is 9.59 Å². The molecule has 0 bridgehead atoms. The van der Waals surface area contributed by atoms with Crippen LogP contribution in [0.1, 0.15) is 22.8 Å². The number of ether oxygens (including phenoxy) is 1. The lowest BCUT2D eigenvalue weighted by Crippen LogP contribution is -2.27. The lowest BCUT2D eigenvalue weighted by molar-refractivity contribution is -0.118. The van der Waals surface area contributed by atoms with Crippen molar-refractivity contribution < 1.29 is 14.3 Å². The molecule has 0 radical (unpaired) electrons. The summed E-state index contributed by atoms with van der Waals surface area (Å²) >= 11 is 0. The maximum Gasteiger partial charge on any atom is 0.262 e. The van der Waals surface area contributed by atoms with Crippen LogP contribution in [0.3, 0.4) is 0 Å². The molecule has 112 valence electrons. The van der Waals surface area contributed by atoms with Crippen LogP contribution in [0.4, 0.5) is 11.4 Å². The molecule has 0 spiro atoms. The van der Waals surface area contributed by atoms with Gasteiger partial charge in [0, 0.05) is 5.69 Å². The Morgan fingerprint density at radius 3 is 2.86 bits per heavy atom.